The average Bonchev–Trinajstić information content (AvgIpc) is 3.24. The number of benzene rings is 3. The Bertz CT molecular complexity index is 1260. The van der Waals surface area contributed by atoms with Gasteiger partial charge in [-0.3, -0.25) is 9.36 Å². The monoisotopic (exact) mass is 397 g/mol. The number of nitrogens with one attached hydrogen (secondary N) is 1. The van der Waals surface area contributed by atoms with Crippen molar-refractivity contribution in [3.05, 3.63) is 89.0 Å². The molecule has 2 N–H and O–H groups in total. The van der Waals surface area contributed by atoms with E-state index in [4.69, 9.17) is 4.98 Å². The number of hydrogen-bond acceptors (Lipinski definition) is 4. The van der Waals surface area contributed by atoms with Gasteiger partial charge in [0.05, 0.1) is 23.2 Å². The van der Waals surface area contributed by atoms with Crippen molar-refractivity contribution in [2.24, 2.45) is 0 Å². The maximum Gasteiger partial charge on any atom is 0.209 e. The normalized spacial score (nSPS) is 17.8. The van der Waals surface area contributed by atoms with Crippen LogP contribution in [0.4, 0.5) is 11.6 Å². The van der Waals surface area contributed by atoms with Crippen molar-refractivity contribution >= 4 is 28.5 Å². The van der Waals surface area contributed by atoms with E-state index >= 15 is 0 Å². The number of imidazole rings is 1. The fraction of sp³-hybridized carbons (Fsp3) is 0.200. The van der Waals surface area contributed by atoms with Gasteiger partial charge < -0.3 is 10.4 Å². The second-order valence-electron chi connectivity index (χ2n) is 7.97. The molecule has 0 saturated carbocycles. The van der Waals surface area contributed by atoms with E-state index in [9.17, 15) is 9.90 Å². The van der Waals surface area contributed by atoms with Gasteiger partial charge in [-0.05, 0) is 55.3 Å². The van der Waals surface area contributed by atoms with Crippen molar-refractivity contribution in [3.8, 4) is 0 Å². The van der Waals surface area contributed by atoms with Gasteiger partial charge >= 0.3 is 0 Å². The van der Waals surface area contributed by atoms with E-state index in [-0.39, 0.29) is 11.8 Å². The highest BCUT2D eigenvalue weighted by Crippen LogP contribution is 2.39. The highest BCUT2D eigenvalue weighted by Gasteiger charge is 2.34. The third kappa shape index (κ3) is 3.08. The molecule has 1 aromatic heterocycles. The number of carbonyl (C=O) groups excluding carboxylic acids is 1. The number of aliphatic hydroxyl groups excluding tert-OH is 1. The highest BCUT2D eigenvalue weighted by molar-refractivity contribution is 5.97. The van der Waals surface area contributed by atoms with Crippen molar-refractivity contribution < 1.29 is 9.90 Å². The molecule has 0 saturated heterocycles. The largest absolute Gasteiger partial charge is 0.390 e. The highest BCUT2D eigenvalue weighted by atomic mass is 16.3. The summed E-state index contributed by atoms with van der Waals surface area (Å²) in [5.74, 6) is 0.654. The van der Waals surface area contributed by atoms with Crippen LogP contribution in [0, 0.1) is 6.92 Å². The average molecular weight is 397 g/mol. The Kier molecular flexibility index (Phi) is 4.40. The third-order valence-electron chi connectivity index (χ3n) is 5.85. The SMILES string of the molecule is CC(=O)c1ccc2c(c1)nc(Nc1ccc(C)cc1)n2[C@H]1c2ccccc2C[C@H]1O. The molecule has 5 nitrogen and oxygen atoms in total. The van der Waals surface area contributed by atoms with Crippen LogP contribution in [0.5, 0.6) is 0 Å². The first kappa shape index (κ1) is 18.6. The number of aliphatic hydroxyl groups is 1. The van der Waals surface area contributed by atoms with E-state index in [0.29, 0.717) is 17.9 Å². The van der Waals surface area contributed by atoms with E-state index in [1.165, 1.54) is 5.56 Å². The van der Waals surface area contributed by atoms with Gasteiger partial charge in [-0.1, -0.05) is 42.0 Å². The van der Waals surface area contributed by atoms with Gasteiger partial charge in [-0.2, -0.15) is 0 Å². The first-order chi connectivity index (χ1) is 14.5. The molecule has 0 amide bonds. The van der Waals surface area contributed by atoms with Crippen LogP contribution in [-0.4, -0.2) is 26.5 Å². The van der Waals surface area contributed by atoms with Gasteiger partial charge in [0.2, 0.25) is 5.95 Å². The van der Waals surface area contributed by atoms with Crippen LogP contribution in [-0.2, 0) is 6.42 Å². The number of aryl methyl sites for hydroxylation is 1. The van der Waals surface area contributed by atoms with Crippen LogP contribution >= 0.6 is 0 Å². The molecule has 5 rings (SSSR count). The number of ketones is 1. The molecule has 1 heterocycles. The molecule has 0 radical (unpaired) electrons. The van der Waals surface area contributed by atoms with Gasteiger partial charge in [-0.25, -0.2) is 4.98 Å². The molecule has 0 unspecified atom stereocenters. The summed E-state index contributed by atoms with van der Waals surface area (Å²) in [5.41, 5.74) is 6.60. The van der Waals surface area contributed by atoms with Crippen molar-refractivity contribution in [1.82, 2.24) is 9.55 Å². The lowest BCUT2D eigenvalue weighted by Crippen LogP contribution is -2.22. The van der Waals surface area contributed by atoms with Crippen LogP contribution < -0.4 is 5.32 Å². The van der Waals surface area contributed by atoms with Crippen molar-refractivity contribution in [3.63, 3.8) is 0 Å². The summed E-state index contributed by atoms with van der Waals surface area (Å²) in [6.45, 7) is 3.61. The van der Waals surface area contributed by atoms with Gasteiger partial charge in [0, 0.05) is 17.7 Å². The minimum Gasteiger partial charge on any atom is -0.390 e. The Morgan fingerprint density at radius 2 is 1.87 bits per heavy atom. The molecule has 1 aliphatic rings. The summed E-state index contributed by atoms with van der Waals surface area (Å²) in [7, 11) is 0. The predicted octanol–water partition coefficient (Wildman–Crippen LogP) is 4.80. The number of Topliss-reactive ketones (excluding diaryl/α,β-unsaturated/α-hetero) is 1. The maximum absolute atomic E-state index is 11.9. The fourth-order valence-electron chi connectivity index (χ4n) is 4.32. The number of hydrogen-bond donors (Lipinski definition) is 2. The van der Waals surface area contributed by atoms with E-state index in [1.54, 1.807) is 6.92 Å². The Morgan fingerprint density at radius 1 is 1.10 bits per heavy atom. The number of fused-ring (bicyclic) bond motifs is 2. The summed E-state index contributed by atoms with van der Waals surface area (Å²) >= 11 is 0. The van der Waals surface area contributed by atoms with E-state index < -0.39 is 6.10 Å². The molecule has 4 aromatic rings. The van der Waals surface area contributed by atoms with Crippen LogP contribution in [0.15, 0.2) is 66.7 Å². The molecule has 0 spiro atoms. The maximum atomic E-state index is 11.9. The number of rotatable bonds is 4. The quantitative estimate of drug-likeness (QED) is 0.486. The zero-order valence-electron chi connectivity index (χ0n) is 17.0. The molecule has 1 aliphatic carbocycles. The number of anilines is 2. The molecular weight excluding hydrogens is 374 g/mol. The molecule has 150 valence electrons. The Morgan fingerprint density at radius 3 is 2.63 bits per heavy atom. The van der Waals surface area contributed by atoms with Gasteiger partial charge in [0.15, 0.2) is 5.78 Å². The van der Waals surface area contributed by atoms with Crippen LogP contribution in [0.1, 0.15) is 40.0 Å². The molecule has 3 aromatic carbocycles. The molecular formula is C25H23N3O2. The smallest absolute Gasteiger partial charge is 0.209 e. The summed E-state index contributed by atoms with van der Waals surface area (Å²) in [6.07, 6.45) is 0.0570. The van der Waals surface area contributed by atoms with E-state index in [1.807, 2.05) is 61.5 Å². The molecule has 5 heteroatoms. The van der Waals surface area contributed by atoms with Crippen LogP contribution in [0.2, 0.25) is 0 Å². The zero-order valence-corrected chi connectivity index (χ0v) is 17.0. The Balaban J connectivity index is 1.70. The predicted molar refractivity (Wildman–Crippen MR) is 118 cm³/mol. The first-order valence-electron chi connectivity index (χ1n) is 10.1. The second kappa shape index (κ2) is 7.11. The summed E-state index contributed by atoms with van der Waals surface area (Å²) in [4.78, 5) is 16.7. The standard InChI is InChI=1S/C25H23N3O2/c1-15-7-10-19(11-8-15)26-25-27-21-13-17(16(2)29)9-12-22(21)28(25)24-20-6-4-3-5-18(20)14-23(24)30/h3-13,23-24,30H,14H2,1-2H3,(H,26,27)/t23-,24+/m1/s1. The lowest BCUT2D eigenvalue weighted by molar-refractivity contribution is 0.101. The third-order valence-corrected chi connectivity index (χ3v) is 5.85. The fourth-order valence-corrected chi connectivity index (χ4v) is 4.32. The minimum absolute atomic E-state index is 0.00532. The second-order valence-corrected chi connectivity index (χ2v) is 7.97. The number of nitrogens with zero attached hydrogens (tertiary/aromatic N) is 2. The van der Waals surface area contributed by atoms with Crippen molar-refractivity contribution in [1.29, 1.82) is 0 Å². The topological polar surface area (TPSA) is 67.2 Å². The Hall–Kier alpha value is -3.44. The van der Waals surface area contributed by atoms with Gasteiger partial charge in [0.25, 0.3) is 0 Å². The lowest BCUT2D eigenvalue weighted by atomic mass is 10.1. The molecule has 2 atom stereocenters. The number of carbonyl (C=O) groups is 1. The molecule has 0 bridgehead atoms. The molecule has 0 fully saturated rings. The van der Waals surface area contributed by atoms with E-state index in [2.05, 4.69) is 22.0 Å². The molecule has 0 aliphatic heterocycles. The summed E-state index contributed by atoms with van der Waals surface area (Å²) in [6, 6.07) is 21.6. The lowest BCUT2D eigenvalue weighted by Gasteiger charge is -2.22. The number of aromatic nitrogens is 2. The van der Waals surface area contributed by atoms with Gasteiger partial charge in [-0.15, -0.1) is 0 Å². The van der Waals surface area contributed by atoms with Gasteiger partial charge in [0.1, 0.15) is 0 Å². The zero-order chi connectivity index (χ0) is 20.8. The van der Waals surface area contributed by atoms with Crippen molar-refractivity contribution in [2.75, 3.05) is 5.32 Å². The summed E-state index contributed by atoms with van der Waals surface area (Å²) < 4.78 is 2.07. The Labute approximate surface area is 175 Å². The molecule has 30 heavy (non-hydrogen) atoms. The van der Waals surface area contributed by atoms with Crippen LogP contribution in [0.3, 0.4) is 0 Å². The minimum atomic E-state index is -0.550. The first-order valence-corrected chi connectivity index (χ1v) is 10.1. The van der Waals surface area contributed by atoms with Crippen molar-refractivity contribution in [2.45, 2.75) is 32.4 Å². The van der Waals surface area contributed by atoms with Crippen LogP contribution in [0.25, 0.3) is 11.0 Å². The summed E-state index contributed by atoms with van der Waals surface area (Å²) in [5, 5.41) is 14.4. The van der Waals surface area contributed by atoms with E-state index in [0.717, 1.165) is 27.8 Å².